The Kier molecular flexibility index (Phi) is 3.93. The van der Waals surface area contributed by atoms with Crippen LogP contribution in [-0.4, -0.2) is 33.3 Å². The Bertz CT molecular complexity index is 767. The van der Waals surface area contributed by atoms with E-state index >= 15 is 0 Å². The molecule has 1 heterocycles. The lowest BCUT2D eigenvalue weighted by atomic mass is 10.1. The maximum atomic E-state index is 12.0. The van der Waals surface area contributed by atoms with Gasteiger partial charge in [-0.1, -0.05) is 0 Å². The number of carbonyl (C=O) groups is 2. The molecule has 0 fully saturated rings. The summed E-state index contributed by atoms with van der Waals surface area (Å²) >= 11 is 0. The molecule has 0 aliphatic carbocycles. The van der Waals surface area contributed by atoms with Gasteiger partial charge in [0.1, 0.15) is 11.1 Å². The smallest absolute Gasteiger partial charge is 0.374 e. The molecule has 1 aromatic carbocycles. The molecule has 21 heavy (non-hydrogen) atoms. The summed E-state index contributed by atoms with van der Waals surface area (Å²) < 4.78 is 19.1. The third kappa shape index (κ3) is 2.58. The molecule has 2 rings (SSSR count). The Balaban J connectivity index is 2.80. The molecule has 0 saturated heterocycles. The molecule has 0 radical (unpaired) electrons. The molecule has 2 aromatic rings. The fraction of sp³-hybridized carbons (Fsp3) is 0.214. The molecule has 0 aliphatic rings. The summed E-state index contributed by atoms with van der Waals surface area (Å²) in [4.78, 5) is 35.1. The molecule has 0 atom stereocenters. The summed E-state index contributed by atoms with van der Waals surface area (Å²) in [6.45, 7) is 0. The first-order valence-corrected chi connectivity index (χ1v) is 5.84. The van der Waals surface area contributed by atoms with Gasteiger partial charge in [-0.15, -0.1) is 0 Å². The maximum Gasteiger partial charge on any atom is 0.374 e. The highest BCUT2D eigenvalue weighted by Gasteiger charge is 2.18. The number of hydrogen-bond acceptors (Lipinski definition) is 7. The molecule has 0 unspecified atom stereocenters. The second-order valence-corrected chi connectivity index (χ2v) is 4.02. The lowest BCUT2D eigenvalue weighted by Crippen LogP contribution is -2.10. The number of methoxy groups -OCH3 is 3. The van der Waals surface area contributed by atoms with E-state index in [2.05, 4.69) is 9.47 Å². The minimum Gasteiger partial charge on any atom is -0.496 e. The van der Waals surface area contributed by atoms with Gasteiger partial charge in [-0.05, 0) is 23.6 Å². The van der Waals surface area contributed by atoms with Crippen LogP contribution in [0.5, 0.6) is 5.75 Å². The third-order valence-corrected chi connectivity index (χ3v) is 2.85. The van der Waals surface area contributed by atoms with Crippen LogP contribution in [0.2, 0.25) is 0 Å². The Labute approximate surface area is 119 Å². The number of benzene rings is 1. The molecule has 0 N–H and O–H groups in total. The molecule has 0 amide bonds. The van der Waals surface area contributed by atoms with E-state index in [4.69, 9.17) is 9.15 Å². The first-order valence-electron chi connectivity index (χ1n) is 5.84. The molecule has 0 spiro atoms. The second kappa shape index (κ2) is 5.66. The number of ether oxygens (including phenoxy) is 3. The van der Waals surface area contributed by atoms with Gasteiger partial charge in [-0.3, -0.25) is 0 Å². The van der Waals surface area contributed by atoms with Crippen molar-refractivity contribution in [2.75, 3.05) is 21.3 Å². The average Bonchev–Trinajstić information content (AvgIpc) is 2.51. The Morgan fingerprint density at radius 2 is 1.67 bits per heavy atom. The van der Waals surface area contributed by atoms with Crippen molar-refractivity contribution in [3.63, 3.8) is 0 Å². The molecular formula is C14H12O7. The van der Waals surface area contributed by atoms with Gasteiger partial charge in [0.2, 0.25) is 5.76 Å². The summed E-state index contributed by atoms with van der Waals surface area (Å²) in [5, 5.41) is 0.434. The number of hydrogen-bond donors (Lipinski definition) is 0. The van der Waals surface area contributed by atoms with E-state index in [-0.39, 0.29) is 22.5 Å². The van der Waals surface area contributed by atoms with Gasteiger partial charge in [0.05, 0.1) is 26.9 Å². The van der Waals surface area contributed by atoms with Crippen LogP contribution in [-0.2, 0) is 9.47 Å². The van der Waals surface area contributed by atoms with Crippen molar-refractivity contribution in [2.45, 2.75) is 0 Å². The SMILES string of the molecule is COC(=O)c1cc(OC)c2c(=O)oc(C(=O)OC)cc2c1. The van der Waals surface area contributed by atoms with E-state index in [1.54, 1.807) is 0 Å². The van der Waals surface area contributed by atoms with E-state index in [0.29, 0.717) is 5.39 Å². The van der Waals surface area contributed by atoms with Crippen molar-refractivity contribution in [1.29, 1.82) is 0 Å². The van der Waals surface area contributed by atoms with Gasteiger partial charge in [0.25, 0.3) is 0 Å². The van der Waals surface area contributed by atoms with Crippen LogP contribution >= 0.6 is 0 Å². The van der Waals surface area contributed by atoms with Crippen LogP contribution in [0.1, 0.15) is 20.9 Å². The largest absolute Gasteiger partial charge is 0.496 e. The lowest BCUT2D eigenvalue weighted by molar-refractivity contribution is 0.0559. The number of fused-ring (bicyclic) bond motifs is 1. The summed E-state index contributed by atoms with van der Waals surface area (Å²) in [7, 11) is 3.75. The number of rotatable bonds is 3. The van der Waals surface area contributed by atoms with E-state index in [0.717, 1.165) is 7.11 Å². The molecular weight excluding hydrogens is 280 g/mol. The minimum atomic E-state index is -0.795. The molecule has 1 aromatic heterocycles. The lowest BCUT2D eigenvalue weighted by Gasteiger charge is -2.08. The van der Waals surface area contributed by atoms with Crippen LogP contribution < -0.4 is 10.4 Å². The highest BCUT2D eigenvalue weighted by molar-refractivity contribution is 5.99. The topological polar surface area (TPSA) is 92.0 Å². The minimum absolute atomic E-state index is 0.123. The van der Waals surface area contributed by atoms with Crippen LogP contribution in [0.4, 0.5) is 0 Å². The highest BCUT2D eigenvalue weighted by atomic mass is 16.5. The number of esters is 2. The van der Waals surface area contributed by atoms with Crippen LogP contribution in [0.15, 0.2) is 27.4 Å². The van der Waals surface area contributed by atoms with Crippen molar-refractivity contribution < 1.29 is 28.2 Å². The summed E-state index contributed by atoms with van der Waals surface area (Å²) in [5.74, 6) is -1.50. The molecule has 110 valence electrons. The Morgan fingerprint density at radius 3 is 2.24 bits per heavy atom. The van der Waals surface area contributed by atoms with Crippen molar-refractivity contribution >= 4 is 22.7 Å². The highest BCUT2D eigenvalue weighted by Crippen LogP contribution is 2.26. The zero-order valence-electron chi connectivity index (χ0n) is 11.6. The predicted octanol–water partition coefficient (Wildman–Crippen LogP) is 1.37. The van der Waals surface area contributed by atoms with E-state index in [1.165, 1.54) is 32.4 Å². The summed E-state index contributed by atoms with van der Waals surface area (Å²) in [5.41, 5.74) is -0.579. The predicted molar refractivity (Wildman–Crippen MR) is 71.7 cm³/mol. The monoisotopic (exact) mass is 292 g/mol. The van der Waals surface area contributed by atoms with Crippen molar-refractivity contribution in [3.05, 3.63) is 39.9 Å². The average molecular weight is 292 g/mol. The van der Waals surface area contributed by atoms with Gasteiger partial charge in [0.15, 0.2) is 0 Å². The van der Waals surface area contributed by atoms with Gasteiger partial charge in [-0.2, -0.15) is 0 Å². The van der Waals surface area contributed by atoms with Crippen LogP contribution in [0, 0.1) is 0 Å². The van der Waals surface area contributed by atoms with Gasteiger partial charge in [-0.25, -0.2) is 14.4 Å². The van der Waals surface area contributed by atoms with Gasteiger partial charge in [0, 0.05) is 0 Å². The Hall–Kier alpha value is -2.83. The normalized spacial score (nSPS) is 10.2. The summed E-state index contributed by atoms with van der Waals surface area (Å²) in [6, 6.07) is 4.08. The quantitative estimate of drug-likeness (QED) is 0.789. The zero-order valence-corrected chi connectivity index (χ0v) is 11.6. The molecule has 7 nitrogen and oxygen atoms in total. The fourth-order valence-corrected chi connectivity index (χ4v) is 1.89. The molecule has 7 heteroatoms. The standard InChI is InChI=1S/C14H12O7/c1-18-9-6-8(12(15)19-2)4-7-5-10(13(16)20-3)21-14(17)11(7)9/h4-6H,1-3H3. The first-order chi connectivity index (χ1) is 10.0. The van der Waals surface area contributed by atoms with Crippen molar-refractivity contribution in [3.8, 4) is 5.75 Å². The van der Waals surface area contributed by atoms with E-state index in [1.807, 2.05) is 0 Å². The summed E-state index contributed by atoms with van der Waals surface area (Å²) in [6.07, 6.45) is 0. The maximum absolute atomic E-state index is 12.0. The second-order valence-electron chi connectivity index (χ2n) is 4.02. The third-order valence-electron chi connectivity index (χ3n) is 2.85. The molecule has 0 bridgehead atoms. The van der Waals surface area contributed by atoms with Gasteiger partial charge < -0.3 is 18.6 Å². The van der Waals surface area contributed by atoms with Crippen molar-refractivity contribution in [1.82, 2.24) is 0 Å². The molecule has 0 saturated carbocycles. The van der Waals surface area contributed by atoms with Crippen molar-refractivity contribution in [2.24, 2.45) is 0 Å². The first kappa shape index (κ1) is 14.6. The van der Waals surface area contributed by atoms with Crippen LogP contribution in [0.3, 0.4) is 0 Å². The molecule has 0 aliphatic heterocycles. The Morgan fingerprint density at radius 1 is 1.00 bits per heavy atom. The van der Waals surface area contributed by atoms with Gasteiger partial charge >= 0.3 is 17.6 Å². The van der Waals surface area contributed by atoms with E-state index in [9.17, 15) is 14.4 Å². The van der Waals surface area contributed by atoms with Crippen LogP contribution in [0.25, 0.3) is 10.8 Å². The zero-order chi connectivity index (χ0) is 15.6. The fourth-order valence-electron chi connectivity index (χ4n) is 1.89. The van der Waals surface area contributed by atoms with E-state index < -0.39 is 17.6 Å². The number of carbonyl (C=O) groups excluding carboxylic acids is 2.